The first kappa shape index (κ1) is 14.7. The normalized spacial score (nSPS) is 25.2. The van der Waals surface area contributed by atoms with Crippen LogP contribution in [0.5, 0.6) is 0 Å². The van der Waals surface area contributed by atoms with Crippen molar-refractivity contribution in [3.63, 3.8) is 0 Å². The molecule has 0 aliphatic carbocycles. The van der Waals surface area contributed by atoms with Gasteiger partial charge in [-0.2, -0.15) is 12.7 Å². The molecule has 2 heterocycles. The van der Waals surface area contributed by atoms with Gasteiger partial charge in [-0.1, -0.05) is 13.8 Å². The lowest BCUT2D eigenvalue weighted by molar-refractivity contribution is 0.223. The second-order valence-electron chi connectivity index (χ2n) is 5.24. The first-order valence-electron chi connectivity index (χ1n) is 6.26. The summed E-state index contributed by atoms with van der Waals surface area (Å²) in [5, 5.41) is 0. The van der Waals surface area contributed by atoms with Crippen LogP contribution in [0.3, 0.4) is 0 Å². The van der Waals surface area contributed by atoms with E-state index in [1.807, 2.05) is 0 Å². The van der Waals surface area contributed by atoms with Crippen LogP contribution in [0.2, 0.25) is 0 Å². The summed E-state index contributed by atoms with van der Waals surface area (Å²) in [5.41, 5.74) is 0.481. The van der Waals surface area contributed by atoms with Gasteiger partial charge in [0.2, 0.25) is 0 Å². The number of anilines is 1. The Kier molecular flexibility index (Phi) is 4.47. The van der Waals surface area contributed by atoms with Gasteiger partial charge in [0.15, 0.2) is 0 Å². The second-order valence-corrected chi connectivity index (χ2v) is 7.72. The molecule has 1 aliphatic heterocycles. The number of halogens is 1. The number of nitrogens with one attached hydrogen (secondary N) is 1. The first-order valence-corrected chi connectivity index (χ1v) is 8.49. The fourth-order valence-corrected chi connectivity index (χ4v) is 4.14. The van der Waals surface area contributed by atoms with Gasteiger partial charge in [-0.25, -0.2) is 4.98 Å². The Labute approximate surface area is 122 Å². The van der Waals surface area contributed by atoms with E-state index in [1.165, 1.54) is 10.5 Å². The lowest BCUT2D eigenvalue weighted by Crippen LogP contribution is -2.45. The molecule has 0 bridgehead atoms. The molecule has 2 rings (SSSR count). The molecular weight excluding hydrogens is 330 g/mol. The van der Waals surface area contributed by atoms with Crippen molar-refractivity contribution in [2.45, 2.75) is 20.3 Å². The smallest absolute Gasteiger partial charge is 0.269 e. The zero-order valence-electron chi connectivity index (χ0n) is 11.0. The summed E-state index contributed by atoms with van der Waals surface area (Å²) >= 11 is 3.22. The molecule has 0 aromatic carbocycles. The van der Waals surface area contributed by atoms with Gasteiger partial charge in [0.05, 0.1) is 11.9 Å². The summed E-state index contributed by atoms with van der Waals surface area (Å²) in [7, 11) is -3.49. The molecule has 0 amide bonds. The van der Waals surface area contributed by atoms with E-state index in [1.54, 1.807) is 12.1 Å². The fourth-order valence-electron chi connectivity index (χ4n) is 2.45. The molecule has 5 nitrogen and oxygen atoms in total. The SMILES string of the molecule is CC1CC(C)CN(S(=O)(=O)Nc2ccc(Br)nc2)C1. The number of nitrogens with zero attached hydrogens (tertiary/aromatic N) is 2. The molecule has 7 heteroatoms. The van der Waals surface area contributed by atoms with Crippen molar-refractivity contribution >= 4 is 31.8 Å². The molecule has 19 heavy (non-hydrogen) atoms. The van der Waals surface area contributed by atoms with E-state index in [0.717, 1.165) is 6.42 Å². The van der Waals surface area contributed by atoms with Gasteiger partial charge in [-0.3, -0.25) is 4.72 Å². The highest BCUT2D eigenvalue weighted by atomic mass is 79.9. The summed E-state index contributed by atoms with van der Waals surface area (Å²) in [6.07, 6.45) is 2.57. The molecule has 2 unspecified atom stereocenters. The summed E-state index contributed by atoms with van der Waals surface area (Å²) in [6.45, 7) is 5.31. The Hall–Kier alpha value is -0.660. The molecule has 2 atom stereocenters. The molecule has 1 aliphatic rings. The Balaban J connectivity index is 2.11. The second kappa shape index (κ2) is 5.76. The summed E-state index contributed by atoms with van der Waals surface area (Å²) in [6, 6.07) is 3.39. The van der Waals surface area contributed by atoms with Crippen molar-refractivity contribution in [2.24, 2.45) is 11.8 Å². The zero-order valence-corrected chi connectivity index (χ0v) is 13.4. The van der Waals surface area contributed by atoms with Crippen LogP contribution in [0.1, 0.15) is 20.3 Å². The average molecular weight is 348 g/mol. The van der Waals surface area contributed by atoms with Crippen LogP contribution >= 0.6 is 15.9 Å². The number of hydrogen-bond donors (Lipinski definition) is 1. The number of rotatable bonds is 3. The zero-order chi connectivity index (χ0) is 14.0. The quantitative estimate of drug-likeness (QED) is 0.854. The third kappa shape index (κ3) is 3.90. The number of pyridine rings is 1. The third-order valence-corrected chi connectivity index (χ3v) is 5.09. The minimum absolute atomic E-state index is 0.392. The number of piperidine rings is 1. The Morgan fingerprint density at radius 3 is 2.47 bits per heavy atom. The van der Waals surface area contributed by atoms with Gasteiger partial charge in [-0.15, -0.1) is 0 Å². The minimum Gasteiger partial charge on any atom is -0.269 e. The highest BCUT2D eigenvalue weighted by Crippen LogP contribution is 2.24. The monoisotopic (exact) mass is 347 g/mol. The maximum atomic E-state index is 12.3. The van der Waals surface area contributed by atoms with Gasteiger partial charge in [-0.05, 0) is 46.3 Å². The summed E-state index contributed by atoms with van der Waals surface area (Å²) < 4.78 is 29.4. The Bertz CT molecular complexity index is 522. The molecule has 1 aromatic rings. The molecule has 0 spiro atoms. The summed E-state index contributed by atoms with van der Waals surface area (Å²) in [5.74, 6) is 0.784. The van der Waals surface area contributed by atoms with E-state index in [2.05, 4.69) is 39.5 Å². The van der Waals surface area contributed by atoms with Crippen molar-refractivity contribution in [2.75, 3.05) is 17.8 Å². The Morgan fingerprint density at radius 2 is 1.95 bits per heavy atom. The standard InChI is InChI=1S/C12H18BrN3O2S/c1-9-5-10(2)8-16(7-9)19(17,18)15-11-3-4-12(13)14-6-11/h3-4,6,9-10,15H,5,7-8H2,1-2H3. The van der Waals surface area contributed by atoms with Crippen LogP contribution in [0.15, 0.2) is 22.9 Å². The van der Waals surface area contributed by atoms with Crippen LogP contribution in [-0.4, -0.2) is 30.8 Å². The number of hydrogen-bond acceptors (Lipinski definition) is 3. The summed E-state index contributed by atoms with van der Waals surface area (Å²) in [4.78, 5) is 4.01. The van der Waals surface area contributed by atoms with Crippen LogP contribution in [0.4, 0.5) is 5.69 Å². The van der Waals surface area contributed by atoms with Crippen molar-refractivity contribution in [1.29, 1.82) is 0 Å². The molecule has 106 valence electrons. The van der Waals surface area contributed by atoms with Gasteiger partial charge in [0.25, 0.3) is 0 Å². The fraction of sp³-hybridized carbons (Fsp3) is 0.583. The van der Waals surface area contributed by atoms with Gasteiger partial charge >= 0.3 is 10.2 Å². The van der Waals surface area contributed by atoms with Crippen LogP contribution < -0.4 is 4.72 Å². The van der Waals surface area contributed by atoms with Crippen LogP contribution in [0, 0.1) is 11.8 Å². The van der Waals surface area contributed by atoms with Gasteiger partial charge in [0.1, 0.15) is 4.60 Å². The molecule has 1 fully saturated rings. The van der Waals surface area contributed by atoms with Gasteiger partial charge in [0, 0.05) is 13.1 Å². The predicted molar refractivity (Wildman–Crippen MR) is 79.0 cm³/mol. The number of aromatic nitrogens is 1. The molecular formula is C12H18BrN3O2S. The lowest BCUT2D eigenvalue weighted by atomic mass is 9.94. The molecule has 1 saturated heterocycles. The molecule has 0 saturated carbocycles. The van der Waals surface area contributed by atoms with Crippen molar-refractivity contribution in [3.05, 3.63) is 22.9 Å². The maximum absolute atomic E-state index is 12.3. The topological polar surface area (TPSA) is 62.3 Å². The Morgan fingerprint density at radius 1 is 1.32 bits per heavy atom. The lowest BCUT2D eigenvalue weighted by Gasteiger charge is -2.33. The highest BCUT2D eigenvalue weighted by Gasteiger charge is 2.30. The van der Waals surface area contributed by atoms with Crippen LogP contribution in [-0.2, 0) is 10.2 Å². The van der Waals surface area contributed by atoms with Crippen molar-refractivity contribution in [3.8, 4) is 0 Å². The van der Waals surface area contributed by atoms with E-state index in [9.17, 15) is 8.42 Å². The van der Waals surface area contributed by atoms with Gasteiger partial charge < -0.3 is 0 Å². The van der Waals surface area contributed by atoms with Crippen LogP contribution in [0.25, 0.3) is 0 Å². The first-order chi connectivity index (χ1) is 8.87. The highest BCUT2D eigenvalue weighted by molar-refractivity contribution is 9.10. The van der Waals surface area contributed by atoms with E-state index in [0.29, 0.717) is 35.2 Å². The molecule has 1 aromatic heterocycles. The maximum Gasteiger partial charge on any atom is 0.301 e. The minimum atomic E-state index is -3.49. The largest absolute Gasteiger partial charge is 0.301 e. The average Bonchev–Trinajstić information content (AvgIpc) is 2.31. The van der Waals surface area contributed by atoms with E-state index < -0.39 is 10.2 Å². The van der Waals surface area contributed by atoms with E-state index in [4.69, 9.17) is 0 Å². The molecule has 0 radical (unpaired) electrons. The van der Waals surface area contributed by atoms with E-state index >= 15 is 0 Å². The third-order valence-electron chi connectivity index (χ3n) is 3.15. The predicted octanol–water partition coefficient (Wildman–Crippen LogP) is 2.48. The van der Waals surface area contributed by atoms with Crippen molar-refractivity contribution in [1.82, 2.24) is 9.29 Å². The van der Waals surface area contributed by atoms with Crippen molar-refractivity contribution < 1.29 is 8.42 Å². The van der Waals surface area contributed by atoms with E-state index in [-0.39, 0.29) is 0 Å². The molecule has 1 N–H and O–H groups in total.